The number of nitrogens with zero attached hydrogens (tertiary/aromatic N) is 2. The van der Waals surface area contributed by atoms with E-state index in [2.05, 4.69) is 32.4 Å². The molecule has 0 aromatic carbocycles. The highest BCUT2D eigenvalue weighted by molar-refractivity contribution is 14.1. The highest BCUT2D eigenvalue weighted by Crippen LogP contribution is 2.15. The van der Waals surface area contributed by atoms with E-state index in [9.17, 15) is 4.79 Å². The van der Waals surface area contributed by atoms with Crippen molar-refractivity contribution in [2.45, 2.75) is 13.3 Å². The summed E-state index contributed by atoms with van der Waals surface area (Å²) in [6, 6.07) is 0. The average Bonchev–Trinajstić information content (AvgIpc) is 2.34. The van der Waals surface area contributed by atoms with Gasteiger partial charge in [0.2, 0.25) is 0 Å². The summed E-state index contributed by atoms with van der Waals surface area (Å²) < 4.78 is 7.59. The molecule has 1 heterocycles. The van der Waals surface area contributed by atoms with Crippen molar-refractivity contribution in [2.75, 3.05) is 6.61 Å². The lowest BCUT2D eigenvalue weighted by Crippen LogP contribution is -1.99. The molecule has 1 aromatic rings. The summed E-state index contributed by atoms with van der Waals surface area (Å²) in [6.45, 7) is 2.87. The summed E-state index contributed by atoms with van der Waals surface area (Å²) in [5, 5.41) is 4.29. The maximum atomic E-state index is 9.90. The monoisotopic (exact) mass is 294 g/mol. The number of ether oxygens (including phenoxy) is 1. The Hall–Kier alpha value is -0.590. The number of rotatable bonds is 4. The number of hydrogen-bond donors (Lipinski definition) is 0. The molecule has 1 aromatic heterocycles. The van der Waals surface area contributed by atoms with Gasteiger partial charge >= 0.3 is 0 Å². The molecule has 5 heteroatoms. The number of aryl methyl sites for hydroxylation is 1. The molecule has 0 N–H and O–H groups in total. The van der Waals surface area contributed by atoms with Crippen LogP contribution in [0.15, 0.2) is 0 Å². The molecule has 13 heavy (non-hydrogen) atoms. The molecular formula is C8H11IN2O2. The van der Waals surface area contributed by atoms with Crippen molar-refractivity contribution in [1.29, 1.82) is 0 Å². The average molecular weight is 294 g/mol. The summed E-state index contributed by atoms with van der Waals surface area (Å²) in [7, 11) is 1.90. The first-order valence-corrected chi connectivity index (χ1v) is 4.98. The molecule has 0 aliphatic heterocycles. The smallest absolute Gasteiger partial charge is 0.293 e. The van der Waals surface area contributed by atoms with Gasteiger partial charge in [-0.1, -0.05) is 0 Å². The Morgan fingerprint density at radius 3 is 2.85 bits per heavy atom. The minimum absolute atomic E-state index is 0.399. The fraction of sp³-hybridized carbons (Fsp3) is 0.500. The maximum absolute atomic E-state index is 9.90. The zero-order valence-electron chi connectivity index (χ0n) is 7.58. The summed E-state index contributed by atoms with van der Waals surface area (Å²) >= 11 is 2.25. The van der Waals surface area contributed by atoms with Crippen LogP contribution in [0.2, 0.25) is 0 Å². The van der Waals surface area contributed by atoms with Crippen LogP contribution in [0.4, 0.5) is 0 Å². The molecule has 0 saturated carbocycles. The first-order chi connectivity index (χ1) is 6.16. The van der Waals surface area contributed by atoms with Crippen LogP contribution in [0.25, 0.3) is 0 Å². The molecule has 0 saturated heterocycles. The lowest BCUT2D eigenvalue weighted by atomic mass is 10.3. The predicted octanol–water partition coefficient (Wildman–Crippen LogP) is 1.05. The van der Waals surface area contributed by atoms with Crippen molar-refractivity contribution < 1.29 is 9.53 Å². The van der Waals surface area contributed by atoms with E-state index in [1.807, 2.05) is 18.7 Å². The molecule has 0 fully saturated rings. The first-order valence-electron chi connectivity index (χ1n) is 3.90. The molecule has 0 amide bonds. The molecule has 0 bridgehead atoms. The Bertz CT molecular complexity index is 309. The van der Waals surface area contributed by atoms with Gasteiger partial charge in [-0.15, -0.1) is 0 Å². The molecule has 0 radical (unpaired) electrons. The van der Waals surface area contributed by atoms with Gasteiger partial charge in [0.15, 0.2) is 0 Å². The molecule has 0 aliphatic carbocycles. The third-order valence-electron chi connectivity index (χ3n) is 1.85. The van der Waals surface area contributed by atoms with Gasteiger partial charge in [-0.25, -0.2) is 0 Å². The fourth-order valence-corrected chi connectivity index (χ4v) is 1.74. The van der Waals surface area contributed by atoms with E-state index in [-0.39, 0.29) is 0 Å². The van der Waals surface area contributed by atoms with Crippen LogP contribution in [-0.2, 0) is 23.0 Å². The zero-order valence-corrected chi connectivity index (χ0v) is 9.74. The van der Waals surface area contributed by atoms with E-state index < -0.39 is 0 Å². The Morgan fingerprint density at radius 1 is 1.69 bits per heavy atom. The van der Waals surface area contributed by atoms with E-state index in [4.69, 9.17) is 0 Å². The number of carbonyl (C=O) groups is 1. The molecular weight excluding hydrogens is 283 g/mol. The van der Waals surface area contributed by atoms with Gasteiger partial charge in [-0.3, -0.25) is 9.48 Å². The summed E-state index contributed by atoms with van der Waals surface area (Å²) in [6.07, 6.45) is 0.679. The zero-order chi connectivity index (χ0) is 9.84. The van der Waals surface area contributed by atoms with E-state index in [0.29, 0.717) is 19.5 Å². The molecule has 0 unspecified atom stereocenters. The van der Waals surface area contributed by atoms with E-state index >= 15 is 0 Å². The van der Waals surface area contributed by atoms with Crippen LogP contribution < -0.4 is 0 Å². The van der Waals surface area contributed by atoms with Gasteiger partial charge in [0, 0.05) is 19.2 Å². The van der Waals surface area contributed by atoms with Gasteiger partial charge in [-0.2, -0.15) is 5.10 Å². The van der Waals surface area contributed by atoms with Crippen molar-refractivity contribution in [2.24, 2.45) is 7.05 Å². The number of halogens is 1. The van der Waals surface area contributed by atoms with E-state index in [1.165, 1.54) is 0 Å². The molecule has 0 spiro atoms. The quantitative estimate of drug-likeness (QED) is 0.473. The second-order valence-electron chi connectivity index (χ2n) is 2.69. The molecule has 1 rings (SSSR count). The standard InChI is InChI=1S/C8H11IN2O2/c1-6-8(9)7(10-11(6)2)3-4-13-5-12/h5H,3-4H2,1-2H3. The van der Waals surface area contributed by atoms with Crippen LogP contribution in [0.5, 0.6) is 0 Å². The van der Waals surface area contributed by atoms with Crippen molar-refractivity contribution in [3.05, 3.63) is 15.0 Å². The van der Waals surface area contributed by atoms with Crippen LogP contribution in [0, 0.1) is 10.5 Å². The van der Waals surface area contributed by atoms with Crippen molar-refractivity contribution in [3.8, 4) is 0 Å². The lowest BCUT2D eigenvalue weighted by Gasteiger charge is -1.95. The van der Waals surface area contributed by atoms with Crippen LogP contribution in [0.1, 0.15) is 11.4 Å². The van der Waals surface area contributed by atoms with Gasteiger partial charge in [0.05, 0.1) is 15.9 Å². The van der Waals surface area contributed by atoms with Gasteiger partial charge < -0.3 is 4.74 Å². The first kappa shape index (κ1) is 10.5. The SMILES string of the molecule is Cc1c(I)c(CCOC=O)nn1C. The molecule has 0 aliphatic rings. The van der Waals surface area contributed by atoms with Crippen LogP contribution in [-0.4, -0.2) is 22.9 Å². The third-order valence-corrected chi connectivity index (χ3v) is 3.26. The normalized spacial score (nSPS) is 10.1. The predicted molar refractivity (Wildman–Crippen MR) is 56.4 cm³/mol. The van der Waals surface area contributed by atoms with Crippen LogP contribution in [0.3, 0.4) is 0 Å². The number of aromatic nitrogens is 2. The second kappa shape index (κ2) is 4.59. The van der Waals surface area contributed by atoms with Gasteiger partial charge in [-0.05, 0) is 29.5 Å². The number of hydrogen-bond acceptors (Lipinski definition) is 3. The summed E-state index contributed by atoms with van der Waals surface area (Å²) in [5.41, 5.74) is 2.13. The highest BCUT2D eigenvalue weighted by Gasteiger charge is 2.09. The summed E-state index contributed by atoms with van der Waals surface area (Å²) in [5.74, 6) is 0. The van der Waals surface area contributed by atoms with E-state index in [0.717, 1.165) is 15.0 Å². The maximum Gasteiger partial charge on any atom is 0.293 e. The Labute approximate surface area is 90.4 Å². The highest BCUT2D eigenvalue weighted by atomic mass is 127. The Kier molecular flexibility index (Phi) is 3.71. The largest absolute Gasteiger partial charge is 0.467 e. The van der Waals surface area contributed by atoms with Crippen molar-refractivity contribution in [1.82, 2.24) is 9.78 Å². The van der Waals surface area contributed by atoms with E-state index in [1.54, 1.807) is 0 Å². The third kappa shape index (κ3) is 2.43. The second-order valence-corrected chi connectivity index (χ2v) is 3.77. The molecule has 72 valence electrons. The lowest BCUT2D eigenvalue weighted by molar-refractivity contribution is -0.128. The van der Waals surface area contributed by atoms with Crippen molar-refractivity contribution >= 4 is 29.1 Å². The molecule has 4 nitrogen and oxygen atoms in total. The summed E-state index contributed by atoms with van der Waals surface area (Å²) in [4.78, 5) is 9.90. The Morgan fingerprint density at radius 2 is 2.38 bits per heavy atom. The minimum Gasteiger partial charge on any atom is -0.467 e. The topological polar surface area (TPSA) is 44.1 Å². The number of carbonyl (C=O) groups excluding carboxylic acids is 1. The van der Waals surface area contributed by atoms with Crippen LogP contribution >= 0.6 is 22.6 Å². The fourth-order valence-electron chi connectivity index (χ4n) is 1.01. The van der Waals surface area contributed by atoms with Crippen molar-refractivity contribution in [3.63, 3.8) is 0 Å². The van der Waals surface area contributed by atoms with Gasteiger partial charge in [0.25, 0.3) is 6.47 Å². The van der Waals surface area contributed by atoms with Gasteiger partial charge in [0.1, 0.15) is 0 Å². The Balaban J connectivity index is 2.66. The minimum atomic E-state index is 0.399. The molecule has 0 atom stereocenters.